The van der Waals surface area contributed by atoms with Crippen LogP contribution in [0.5, 0.6) is 0 Å². The molecule has 0 atom stereocenters. The molecule has 3 aliphatic rings. The average molecular weight is 455 g/mol. The number of rotatable bonds is 6. The summed E-state index contributed by atoms with van der Waals surface area (Å²) < 4.78 is 5.69. The summed E-state index contributed by atoms with van der Waals surface area (Å²) in [5.74, 6) is 0.742. The van der Waals surface area contributed by atoms with Crippen molar-refractivity contribution < 1.29 is 14.3 Å². The Balaban J connectivity index is 1.18. The van der Waals surface area contributed by atoms with Crippen LogP contribution >= 0.6 is 0 Å². The first-order chi connectivity index (χ1) is 16.0. The highest BCUT2D eigenvalue weighted by Crippen LogP contribution is 2.28. The molecule has 1 saturated carbocycles. The summed E-state index contributed by atoms with van der Waals surface area (Å²) >= 11 is 0. The summed E-state index contributed by atoms with van der Waals surface area (Å²) in [6.45, 7) is 3.23. The van der Waals surface area contributed by atoms with Crippen LogP contribution < -0.4 is 10.6 Å². The minimum absolute atomic E-state index is 0.0459. The molecule has 33 heavy (non-hydrogen) atoms. The van der Waals surface area contributed by atoms with Crippen molar-refractivity contribution in [2.75, 3.05) is 31.1 Å². The number of likely N-dealkylation sites (tertiary alicyclic amines) is 1. The van der Waals surface area contributed by atoms with Crippen LogP contribution in [0.15, 0.2) is 24.3 Å². The Morgan fingerprint density at radius 2 is 1.55 bits per heavy atom. The highest BCUT2D eigenvalue weighted by molar-refractivity contribution is 5.95. The van der Waals surface area contributed by atoms with Gasteiger partial charge in [0.2, 0.25) is 5.91 Å². The lowest BCUT2D eigenvalue weighted by Crippen LogP contribution is -2.45. The van der Waals surface area contributed by atoms with Gasteiger partial charge in [-0.1, -0.05) is 6.42 Å². The summed E-state index contributed by atoms with van der Waals surface area (Å²) in [6, 6.07) is 7.76. The van der Waals surface area contributed by atoms with Gasteiger partial charge >= 0.3 is 5.97 Å². The molecule has 1 amide bonds. The summed E-state index contributed by atoms with van der Waals surface area (Å²) in [6.07, 6.45) is 9.77. The molecule has 1 aromatic carbocycles. The highest BCUT2D eigenvalue weighted by atomic mass is 16.5. The SMILES string of the molecule is N=C(N)c1ccc(N2CCC(C(=O)N3CCC(CC(=O)OC4CCCCC4)CC3)CC2)cc1. The summed E-state index contributed by atoms with van der Waals surface area (Å²) in [5, 5.41) is 7.52. The molecule has 3 N–H and O–H groups in total. The van der Waals surface area contributed by atoms with Crippen LogP contribution in [0.1, 0.15) is 69.8 Å². The topological polar surface area (TPSA) is 99.7 Å². The molecule has 4 rings (SSSR count). The fourth-order valence-corrected chi connectivity index (χ4v) is 5.50. The number of piperidine rings is 2. The third-order valence-electron chi connectivity index (χ3n) is 7.62. The number of nitrogens with two attached hydrogens (primary N) is 1. The maximum atomic E-state index is 13.1. The Bertz CT molecular complexity index is 818. The van der Waals surface area contributed by atoms with Gasteiger partial charge in [0.1, 0.15) is 11.9 Å². The number of amidine groups is 1. The largest absolute Gasteiger partial charge is 0.462 e. The number of esters is 1. The van der Waals surface area contributed by atoms with Crippen molar-refractivity contribution in [2.45, 2.75) is 70.3 Å². The van der Waals surface area contributed by atoms with E-state index in [0.29, 0.717) is 12.3 Å². The van der Waals surface area contributed by atoms with Crippen LogP contribution in [-0.4, -0.2) is 54.9 Å². The van der Waals surface area contributed by atoms with E-state index in [1.165, 1.54) is 19.3 Å². The number of nitrogens with zero attached hydrogens (tertiary/aromatic N) is 2. The summed E-state index contributed by atoms with van der Waals surface area (Å²) in [7, 11) is 0. The zero-order valence-corrected chi connectivity index (χ0v) is 19.6. The van der Waals surface area contributed by atoms with Crippen molar-refractivity contribution in [1.29, 1.82) is 5.41 Å². The molecule has 2 aliphatic heterocycles. The number of carbonyl (C=O) groups is 2. The monoisotopic (exact) mass is 454 g/mol. The highest BCUT2D eigenvalue weighted by Gasteiger charge is 2.32. The van der Waals surface area contributed by atoms with E-state index in [9.17, 15) is 9.59 Å². The predicted molar refractivity (Wildman–Crippen MR) is 129 cm³/mol. The van der Waals surface area contributed by atoms with E-state index in [0.717, 1.165) is 76.0 Å². The minimum Gasteiger partial charge on any atom is -0.462 e. The van der Waals surface area contributed by atoms with Gasteiger partial charge in [0.25, 0.3) is 0 Å². The van der Waals surface area contributed by atoms with Crippen molar-refractivity contribution in [3.8, 4) is 0 Å². The lowest BCUT2D eigenvalue weighted by Gasteiger charge is -2.38. The molecule has 1 aromatic rings. The number of hydrogen-bond donors (Lipinski definition) is 2. The second-order valence-corrected chi connectivity index (χ2v) is 9.94. The van der Waals surface area contributed by atoms with Crippen molar-refractivity contribution in [3.05, 3.63) is 29.8 Å². The van der Waals surface area contributed by atoms with Gasteiger partial charge in [0.05, 0.1) is 0 Å². The van der Waals surface area contributed by atoms with Crippen LogP contribution in [0.4, 0.5) is 5.69 Å². The van der Waals surface area contributed by atoms with Gasteiger partial charge in [-0.2, -0.15) is 0 Å². The standard InChI is InChI=1S/C26H38N4O3/c27-25(28)20-6-8-22(9-7-20)29-16-12-21(13-17-29)26(32)30-14-10-19(11-15-30)18-24(31)33-23-4-2-1-3-5-23/h6-9,19,21,23H,1-5,10-18H2,(H3,27,28). The van der Waals surface area contributed by atoms with Gasteiger partial charge in [-0.25, -0.2) is 0 Å². The Hall–Kier alpha value is -2.57. The second-order valence-electron chi connectivity index (χ2n) is 9.94. The summed E-state index contributed by atoms with van der Waals surface area (Å²) in [4.78, 5) is 29.7. The van der Waals surface area contributed by atoms with Crippen LogP contribution in [0, 0.1) is 17.2 Å². The average Bonchev–Trinajstić information content (AvgIpc) is 2.85. The zero-order valence-electron chi connectivity index (χ0n) is 19.6. The van der Waals surface area contributed by atoms with E-state index in [1.807, 2.05) is 29.2 Å². The van der Waals surface area contributed by atoms with Crippen molar-refractivity contribution >= 4 is 23.4 Å². The number of benzene rings is 1. The molecule has 7 heteroatoms. The minimum atomic E-state index is -0.0459. The molecular weight excluding hydrogens is 416 g/mol. The van der Waals surface area contributed by atoms with Gasteiger partial charge in [0, 0.05) is 49.8 Å². The molecule has 180 valence electrons. The third-order valence-corrected chi connectivity index (χ3v) is 7.62. The molecule has 0 unspecified atom stereocenters. The molecule has 0 aromatic heterocycles. The first-order valence-corrected chi connectivity index (χ1v) is 12.7. The number of nitrogens with one attached hydrogen (secondary N) is 1. The van der Waals surface area contributed by atoms with E-state index in [-0.39, 0.29) is 29.7 Å². The maximum Gasteiger partial charge on any atom is 0.306 e. The van der Waals surface area contributed by atoms with Gasteiger partial charge < -0.3 is 20.3 Å². The van der Waals surface area contributed by atoms with E-state index in [1.54, 1.807) is 0 Å². The zero-order chi connectivity index (χ0) is 23.2. The fourth-order valence-electron chi connectivity index (χ4n) is 5.50. The number of anilines is 1. The lowest BCUT2D eigenvalue weighted by atomic mass is 9.90. The van der Waals surface area contributed by atoms with Crippen molar-refractivity contribution in [2.24, 2.45) is 17.6 Å². The molecule has 1 aliphatic carbocycles. The van der Waals surface area contributed by atoms with E-state index < -0.39 is 0 Å². The fraction of sp³-hybridized carbons (Fsp3) is 0.654. The maximum absolute atomic E-state index is 13.1. The van der Waals surface area contributed by atoms with Gasteiger partial charge in [-0.15, -0.1) is 0 Å². The Kier molecular flexibility index (Phi) is 7.89. The Morgan fingerprint density at radius 1 is 0.909 bits per heavy atom. The molecule has 0 radical (unpaired) electrons. The van der Waals surface area contributed by atoms with Crippen LogP contribution in [0.3, 0.4) is 0 Å². The van der Waals surface area contributed by atoms with Crippen molar-refractivity contribution in [3.63, 3.8) is 0 Å². The summed E-state index contributed by atoms with van der Waals surface area (Å²) in [5.41, 5.74) is 7.39. The molecule has 3 fully saturated rings. The molecule has 7 nitrogen and oxygen atoms in total. The van der Waals surface area contributed by atoms with Crippen LogP contribution in [0.25, 0.3) is 0 Å². The molecule has 2 heterocycles. The van der Waals surface area contributed by atoms with E-state index in [4.69, 9.17) is 15.9 Å². The van der Waals surface area contributed by atoms with E-state index >= 15 is 0 Å². The number of nitrogen functional groups attached to an aromatic ring is 1. The quantitative estimate of drug-likeness (QED) is 0.388. The number of carbonyl (C=O) groups excluding carboxylic acids is 2. The third kappa shape index (κ3) is 6.27. The number of amides is 1. The van der Waals surface area contributed by atoms with Gasteiger partial charge in [0.15, 0.2) is 0 Å². The molecular formula is C26H38N4O3. The lowest BCUT2D eigenvalue weighted by molar-refractivity contribution is -0.152. The predicted octanol–water partition coefficient (Wildman–Crippen LogP) is 3.69. The molecule has 0 bridgehead atoms. The Morgan fingerprint density at radius 3 is 2.15 bits per heavy atom. The van der Waals surface area contributed by atoms with E-state index in [2.05, 4.69) is 4.90 Å². The van der Waals surface area contributed by atoms with Gasteiger partial charge in [-0.3, -0.25) is 15.0 Å². The number of hydrogen-bond acceptors (Lipinski definition) is 5. The number of ether oxygens (including phenoxy) is 1. The smallest absolute Gasteiger partial charge is 0.306 e. The molecule has 0 spiro atoms. The second kappa shape index (κ2) is 11.0. The first-order valence-electron chi connectivity index (χ1n) is 12.7. The normalized spacial score (nSPS) is 21.1. The Labute approximate surface area is 197 Å². The van der Waals surface area contributed by atoms with Crippen LogP contribution in [0.2, 0.25) is 0 Å². The molecule has 2 saturated heterocycles. The van der Waals surface area contributed by atoms with Crippen molar-refractivity contribution in [1.82, 2.24) is 4.90 Å². The van der Waals surface area contributed by atoms with Crippen LogP contribution in [-0.2, 0) is 14.3 Å². The van der Waals surface area contributed by atoms with Gasteiger partial charge in [-0.05, 0) is 81.5 Å². The first kappa shape index (κ1) is 23.6.